The highest BCUT2D eigenvalue weighted by atomic mass is 32.2. The van der Waals surface area contributed by atoms with Crippen LogP contribution in [0.25, 0.3) is 0 Å². The number of hydrogen-bond acceptors (Lipinski definition) is 5. The molecule has 0 bridgehead atoms. The molecular weight excluding hydrogens is 374 g/mol. The first-order valence-corrected chi connectivity index (χ1v) is 8.92. The summed E-state index contributed by atoms with van der Waals surface area (Å²) in [5.41, 5.74) is 1.32. The van der Waals surface area contributed by atoms with Crippen LogP contribution in [0.5, 0.6) is 5.75 Å². The van der Waals surface area contributed by atoms with E-state index < -0.39 is 12.5 Å². The lowest BCUT2D eigenvalue weighted by Gasteiger charge is -2.11. The SMILES string of the molecule is Cn1ccnc1SCc1cccc(C(=O)Nc2ncccc2OC(F)F)c1. The maximum Gasteiger partial charge on any atom is 0.387 e. The second kappa shape index (κ2) is 8.63. The minimum Gasteiger partial charge on any atom is -0.431 e. The number of nitrogens with one attached hydrogen (secondary N) is 1. The summed E-state index contributed by atoms with van der Waals surface area (Å²) in [7, 11) is 1.91. The van der Waals surface area contributed by atoms with Crippen molar-refractivity contribution in [2.24, 2.45) is 7.05 Å². The van der Waals surface area contributed by atoms with E-state index in [0.29, 0.717) is 11.3 Å². The van der Waals surface area contributed by atoms with Crippen LogP contribution < -0.4 is 10.1 Å². The Balaban J connectivity index is 1.70. The molecule has 0 saturated heterocycles. The van der Waals surface area contributed by atoms with Crippen molar-refractivity contribution in [2.75, 3.05) is 5.32 Å². The van der Waals surface area contributed by atoms with Gasteiger partial charge in [0.15, 0.2) is 16.7 Å². The minimum absolute atomic E-state index is 0.0596. The summed E-state index contributed by atoms with van der Waals surface area (Å²) in [4.78, 5) is 20.6. The van der Waals surface area contributed by atoms with E-state index in [-0.39, 0.29) is 11.6 Å². The Bertz CT molecular complexity index is 933. The fraction of sp³-hybridized carbons (Fsp3) is 0.167. The molecule has 0 aliphatic rings. The maximum atomic E-state index is 12.5. The van der Waals surface area contributed by atoms with Crippen LogP contribution in [0.15, 0.2) is 60.1 Å². The number of rotatable bonds is 7. The third-order valence-corrected chi connectivity index (χ3v) is 4.68. The number of carbonyl (C=O) groups excluding carboxylic acids is 1. The van der Waals surface area contributed by atoms with E-state index in [9.17, 15) is 13.6 Å². The molecule has 0 saturated carbocycles. The van der Waals surface area contributed by atoms with Gasteiger partial charge in [0.1, 0.15) is 0 Å². The molecule has 0 fully saturated rings. The zero-order valence-corrected chi connectivity index (χ0v) is 15.1. The summed E-state index contributed by atoms with van der Waals surface area (Å²) >= 11 is 1.54. The van der Waals surface area contributed by atoms with E-state index in [1.807, 2.05) is 23.9 Å². The number of aromatic nitrogens is 3. The van der Waals surface area contributed by atoms with E-state index in [2.05, 4.69) is 20.0 Å². The Morgan fingerprint density at radius 2 is 2.11 bits per heavy atom. The number of anilines is 1. The molecule has 27 heavy (non-hydrogen) atoms. The third kappa shape index (κ3) is 5.04. The molecule has 3 rings (SSSR count). The van der Waals surface area contributed by atoms with Crippen LogP contribution in [-0.2, 0) is 12.8 Å². The number of ether oxygens (including phenoxy) is 1. The Morgan fingerprint density at radius 1 is 1.26 bits per heavy atom. The molecule has 6 nitrogen and oxygen atoms in total. The first-order chi connectivity index (χ1) is 13.0. The zero-order chi connectivity index (χ0) is 19.2. The molecule has 0 atom stereocenters. The summed E-state index contributed by atoms with van der Waals surface area (Å²) in [5, 5.41) is 3.37. The molecule has 1 aromatic carbocycles. The van der Waals surface area contributed by atoms with Crippen LogP contribution in [0.4, 0.5) is 14.6 Å². The van der Waals surface area contributed by atoms with E-state index in [1.165, 1.54) is 18.3 Å². The number of carbonyl (C=O) groups is 1. The molecule has 9 heteroatoms. The second-order valence-electron chi connectivity index (χ2n) is 5.49. The van der Waals surface area contributed by atoms with Crippen molar-refractivity contribution in [2.45, 2.75) is 17.5 Å². The second-order valence-corrected chi connectivity index (χ2v) is 6.44. The number of amides is 1. The van der Waals surface area contributed by atoms with Crippen LogP contribution >= 0.6 is 11.8 Å². The van der Waals surface area contributed by atoms with Gasteiger partial charge < -0.3 is 14.6 Å². The van der Waals surface area contributed by atoms with Crippen LogP contribution in [0.2, 0.25) is 0 Å². The van der Waals surface area contributed by atoms with Crippen molar-refractivity contribution < 1.29 is 18.3 Å². The standard InChI is InChI=1S/C18H16F2N4O2S/c1-24-9-8-22-18(24)27-11-12-4-2-5-13(10-12)16(25)23-15-14(26-17(19)20)6-3-7-21-15/h2-10,17H,11H2,1H3,(H,21,23,25). The predicted octanol–water partition coefficient (Wildman–Crippen LogP) is 3.96. The Hall–Kier alpha value is -2.94. The van der Waals surface area contributed by atoms with Gasteiger partial charge in [-0.1, -0.05) is 23.9 Å². The molecule has 0 aliphatic heterocycles. The topological polar surface area (TPSA) is 69.0 Å². The van der Waals surface area contributed by atoms with Crippen LogP contribution in [0.1, 0.15) is 15.9 Å². The number of aryl methyl sites for hydroxylation is 1. The maximum absolute atomic E-state index is 12.5. The molecule has 0 radical (unpaired) electrons. The number of thioether (sulfide) groups is 1. The van der Waals surface area contributed by atoms with Gasteiger partial charge in [-0.2, -0.15) is 8.78 Å². The molecule has 2 heterocycles. The fourth-order valence-corrected chi connectivity index (χ4v) is 3.17. The van der Waals surface area contributed by atoms with E-state index in [4.69, 9.17) is 0 Å². The minimum atomic E-state index is -3.00. The molecule has 0 aliphatic carbocycles. The zero-order valence-electron chi connectivity index (χ0n) is 14.3. The lowest BCUT2D eigenvalue weighted by molar-refractivity contribution is -0.0495. The molecule has 0 spiro atoms. The van der Waals surface area contributed by atoms with Crippen molar-refractivity contribution in [3.8, 4) is 5.75 Å². The Kier molecular flexibility index (Phi) is 6.02. The highest BCUT2D eigenvalue weighted by Gasteiger charge is 2.14. The van der Waals surface area contributed by atoms with Crippen molar-refractivity contribution in [3.05, 3.63) is 66.1 Å². The number of hydrogen-bond donors (Lipinski definition) is 1. The highest BCUT2D eigenvalue weighted by molar-refractivity contribution is 7.98. The average Bonchev–Trinajstić information content (AvgIpc) is 3.06. The summed E-state index contributed by atoms with van der Waals surface area (Å²) in [5.74, 6) is -0.0791. The molecule has 3 aromatic rings. The fourth-order valence-electron chi connectivity index (χ4n) is 2.30. The lowest BCUT2D eigenvalue weighted by atomic mass is 10.1. The third-order valence-electron chi connectivity index (χ3n) is 3.55. The summed E-state index contributed by atoms with van der Waals surface area (Å²) in [6.07, 6.45) is 4.96. The Morgan fingerprint density at radius 3 is 2.85 bits per heavy atom. The first kappa shape index (κ1) is 18.8. The first-order valence-electron chi connectivity index (χ1n) is 7.93. The number of imidazole rings is 1. The van der Waals surface area contributed by atoms with E-state index in [0.717, 1.165) is 10.7 Å². The molecule has 1 N–H and O–H groups in total. The van der Waals surface area contributed by atoms with Crippen LogP contribution in [0, 0.1) is 0 Å². The van der Waals surface area contributed by atoms with Crippen molar-refractivity contribution in [3.63, 3.8) is 0 Å². The summed E-state index contributed by atoms with van der Waals surface area (Å²) in [6, 6.07) is 9.80. The predicted molar refractivity (Wildman–Crippen MR) is 98.0 cm³/mol. The van der Waals surface area contributed by atoms with Gasteiger partial charge in [-0.05, 0) is 29.8 Å². The van der Waals surface area contributed by atoms with Gasteiger partial charge in [0.05, 0.1) is 0 Å². The monoisotopic (exact) mass is 390 g/mol. The van der Waals surface area contributed by atoms with Crippen molar-refractivity contribution in [1.82, 2.24) is 14.5 Å². The van der Waals surface area contributed by atoms with Gasteiger partial charge in [-0.25, -0.2) is 9.97 Å². The quantitative estimate of drug-likeness (QED) is 0.619. The van der Waals surface area contributed by atoms with Gasteiger partial charge in [0.25, 0.3) is 5.91 Å². The highest BCUT2D eigenvalue weighted by Crippen LogP contribution is 2.24. The number of alkyl halides is 2. The number of benzene rings is 1. The van der Waals surface area contributed by atoms with Gasteiger partial charge in [0.2, 0.25) is 0 Å². The van der Waals surface area contributed by atoms with Gasteiger partial charge in [-0.3, -0.25) is 4.79 Å². The van der Waals surface area contributed by atoms with Gasteiger partial charge in [0, 0.05) is 37.0 Å². The molecule has 1 amide bonds. The van der Waals surface area contributed by atoms with Gasteiger partial charge >= 0.3 is 6.61 Å². The lowest BCUT2D eigenvalue weighted by Crippen LogP contribution is -2.15. The number of nitrogens with zero attached hydrogens (tertiary/aromatic N) is 3. The smallest absolute Gasteiger partial charge is 0.387 e. The number of halogens is 2. The molecule has 140 valence electrons. The largest absolute Gasteiger partial charge is 0.431 e. The van der Waals surface area contributed by atoms with E-state index >= 15 is 0 Å². The van der Waals surface area contributed by atoms with Crippen molar-refractivity contribution in [1.29, 1.82) is 0 Å². The average molecular weight is 390 g/mol. The van der Waals surface area contributed by atoms with Gasteiger partial charge in [-0.15, -0.1) is 0 Å². The van der Waals surface area contributed by atoms with Crippen LogP contribution in [-0.4, -0.2) is 27.1 Å². The molecule has 2 aromatic heterocycles. The number of pyridine rings is 1. The Labute approximate surface area is 158 Å². The normalized spacial score (nSPS) is 10.8. The van der Waals surface area contributed by atoms with Crippen LogP contribution in [0.3, 0.4) is 0 Å². The summed E-state index contributed by atoms with van der Waals surface area (Å²) < 4.78 is 31.2. The van der Waals surface area contributed by atoms with Crippen molar-refractivity contribution >= 4 is 23.5 Å². The summed E-state index contributed by atoms with van der Waals surface area (Å²) in [6.45, 7) is -3.00. The molecular formula is C18H16F2N4O2S. The van der Waals surface area contributed by atoms with E-state index in [1.54, 1.807) is 36.2 Å². The molecule has 0 unspecified atom stereocenters.